The van der Waals surface area contributed by atoms with Crippen molar-refractivity contribution in [3.8, 4) is 0 Å². The summed E-state index contributed by atoms with van der Waals surface area (Å²) < 4.78 is 11.4. The van der Waals surface area contributed by atoms with Crippen LogP contribution in [0.3, 0.4) is 0 Å². The maximum atomic E-state index is 12.7. The van der Waals surface area contributed by atoms with E-state index in [1.165, 1.54) is 12.8 Å². The number of hydrogen-bond acceptors (Lipinski definition) is 3. The number of nitrogens with zero attached hydrogens (tertiary/aromatic N) is 1. The molecule has 4 heteroatoms. The van der Waals surface area contributed by atoms with Crippen LogP contribution in [-0.4, -0.2) is 50.3 Å². The van der Waals surface area contributed by atoms with Crippen molar-refractivity contribution in [2.75, 3.05) is 39.5 Å². The van der Waals surface area contributed by atoms with E-state index in [4.69, 9.17) is 9.47 Å². The molecule has 1 atom stereocenters. The van der Waals surface area contributed by atoms with E-state index in [9.17, 15) is 4.79 Å². The normalized spacial score (nSPS) is 27.8. The van der Waals surface area contributed by atoms with Crippen molar-refractivity contribution in [3.05, 3.63) is 11.6 Å². The van der Waals surface area contributed by atoms with Gasteiger partial charge in [0.05, 0.1) is 13.2 Å². The van der Waals surface area contributed by atoms with Crippen LogP contribution in [0.5, 0.6) is 0 Å². The maximum absolute atomic E-state index is 12.7. The molecule has 0 N–H and O–H groups in total. The van der Waals surface area contributed by atoms with E-state index >= 15 is 0 Å². The number of ether oxygens (including phenoxy) is 2. The van der Waals surface area contributed by atoms with Gasteiger partial charge in [-0.3, -0.25) is 4.79 Å². The summed E-state index contributed by atoms with van der Waals surface area (Å²) in [5.41, 5.74) is 1.38. The Hall–Kier alpha value is -0.870. The minimum atomic E-state index is 0.299. The molecule has 0 aromatic carbocycles. The van der Waals surface area contributed by atoms with Crippen LogP contribution in [0.2, 0.25) is 0 Å². The van der Waals surface area contributed by atoms with Gasteiger partial charge in [-0.15, -0.1) is 0 Å². The number of amides is 1. The molecule has 0 saturated carbocycles. The molecule has 1 aliphatic carbocycles. The summed E-state index contributed by atoms with van der Waals surface area (Å²) in [5.74, 6) is 0.787. The molecule has 2 fully saturated rings. The number of likely N-dealkylation sites (tertiary alicyclic amines) is 1. The van der Waals surface area contributed by atoms with Crippen molar-refractivity contribution in [1.82, 2.24) is 4.90 Å². The predicted octanol–water partition coefficient (Wildman–Crippen LogP) is 3.17. The smallest absolute Gasteiger partial charge is 0.249 e. The average Bonchev–Trinajstić information content (AvgIpc) is 2.62. The Morgan fingerprint density at radius 2 is 2.17 bits per heavy atom. The molecule has 1 spiro atoms. The minimum absolute atomic E-state index is 0.299. The molecule has 0 bridgehead atoms. The molecule has 23 heavy (non-hydrogen) atoms. The lowest BCUT2D eigenvalue weighted by Crippen LogP contribution is -2.50. The van der Waals surface area contributed by atoms with Crippen LogP contribution in [0.25, 0.3) is 0 Å². The first kappa shape index (κ1) is 17.0. The summed E-state index contributed by atoms with van der Waals surface area (Å²) in [7, 11) is 0. The van der Waals surface area contributed by atoms with Gasteiger partial charge in [-0.2, -0.15) is 0 Å². The molecule has 0 unspecified atom stereocenters. The summed E-state index contributed by atoms with van der Waals surface area (Å²) in [4.78, 5) is 14.8. The topological polar surface area (TPSA) is 38.8 Å². The Bertz CT molecular complexity index is 438. The van der Waals surface area contributed by atoms with Crippen LogP contribution in [-0.2, 0) is 14.3 Å². The van der Waals surface area contributed by atoms with Gasteiger partial charge in [-0.05, 0) is 57.3 Å². The molecular weight excluding hydrogens is 290 g/mol. The second-order valence-electron chi connectivity index (χ2n) is 7.31. The second-order valence-corrected chi connectivity index (χ2v) is 7.31. The molecule has 3 rings (SSSR count). The van der Waals surface area contributed by atoms with Gasteiger partial charge in [0.2, 0.25) is 5.91 Å². The molecular formula is C19H31NO3. The summed E-state index contributed by atoms with van der Waals surface area (Å²) in [6.07, 6.45) is 9.95. The largest absolute Gasteiger partial charge is 0.381 e. The number of piperidine rings is 1. The SMILES string of the molecule is CCOC[C@H]1COCCC12CCN(C(=O)C1=CCCCC1)CC2. The minimum Gasteiger partial charge on any atom is -0.381 e. The first-order valence-electron chi connectivity index (χ1n) is 9.39. The number of hydrogen-bond donors (Lipinski definition) is 0. The van der Waals surface area contributed by atoms with E-state index in [0.717, 1.165) is 77.2 Å². The van der Waals surface area contributed by atoms with E-state index in [-0.39, 0.29) is 0 Å². The molecule has 130 valence electrons. The third-order valence-corrected chi connectivity index (χ3v) is 6.06. The van der Waals surface area contributed by atoms with Gasteiger partial charge in [0.15, 0.2) is 0 Å². The van der Waals surface area contributed by atoms with Gasteiger partial charge in [-0.25, -0.2) is 0 Å². The number of allylic oxidation sites excluding steroid dienone is 1. The lowest BCUT2D eigenvalue weighted by Gasteiger charge is -2.49. The zero-order valence-corrected chi connectivity index (χ0v) is 14.5. The third-order valence-electron chi connectivity index (χ3n) is 6.06. The monoisotopic (exact) mass is 321 g/mol. The Kier molecular flexibility index (Phi) is 5.76. The fourth-order valence-electron chi connectivity index (χ4n) is 4.42. The van der Waals surface area contributed by atoms with E-state index in [1.807, 2.05) is 0 Å². The number of carbonyl (C=O) groups excluding carboxylic acids is 1. The van der Waals surface area contributed by atoms with E-state index in [2.05, 4.69) is 17.9 Å². The highest BCUT2D eigenvalue weighted by Gasteiger charge is 2.44. The summed E-state index contributed by atoms with van der Waals surface area (Å²) >= 11 is 0. The highest BCUT2D eigenvalue weighted by atomic mass is 16.5. The van der Waals surface area contributed by atoms with Crippen molar-refractivity contribution in [2.45, 2.75) is 51.9 Å². The molecule has 2 aliphatic heterocycles. The van der Waals surface area contributed by atoms with Gasteiger partial charge in [0.25, 0.3) is 0 Å². The van der Waals surface area contributed by atoms with Crippen LogP contribution >= 0.6 is 0 Å². The Morgan fingerprint density at radius 1 is 1.35 bits per heavy atom. The molecule has 3 aliphatic rings. The van der Waals surface area contributed by atoms with Gasteiger partial charge in [0.1, 0.15) is 0 Å². The van der Waals surface area contributed by atoms with Crippen molar-refractivity contribution >= 4 is 5.91 Å². The molecule has 2 heterocycles. The van der Waals surface area contributed by atoms with E-state index < -0.39 is 0 Å². The zero-order chi connectivity index (χ0) is 16.1. The quantitative estimate of drug-likeness (QED) is 0.798. The maximum Gasteiger partial charge on any atom is 0.249 e. The van der Waals surface area contributed by atoms with Crippen LogP contribution in [0, 0.1) is 11.3 Å². The fourth-order valence-corrected chi connectivity index (χ4v) is 4.42. The number of carbonyl (C=O) groups is 1. The molecule has 0 radical (unpaired) electrons. The summed E-state index contributed by atoms with van der Waals surface area (Å²) in [6, 6.07) is 0. The van der Waals surface area contributed by atoms with E-state index in [1.54, 1.807) is 0 Å². The molecule has 0 aromatic heterocycles. The highest BCUT2D eigenvalue weighted by Crippen LogP contribution is 2.45. The highest BCUT2D eigenvalue weighted by molar-refractivity contribution is 5.93. The lowest BCUT2D eigenvalue weighted by molar-refractivity contribution is -0.135. The average molecular weight is 321 g/mol. The van der Waals surface area contributed by atoms with Crippen LogP contribution in [0.15, 0.2) is 11.6 Å². The van der Waals surface area contributed by atoms with Gasteiger partial charge < -0.3 is 14.4 Å². The first-order chi connectivity index (χ1) is 11.2. The predicted molar refractivity (Wildman–Crippen MR) is 90.2 cm³/mol. The van der Waals surface area contributed by atoms with Gasteiger partial charge >= 0.3 is 0 Å². The standard InChI is InChI=1S/C19H31NO3/c1-2-22-14-17-15-23-13-10-19(17)8-11-20(12-9-19)18(21)16-6-4-3-5-7-16/h6,17H,2-5,7-15H2,1H3/t17-/m0/s1. The fraction of sp³-hybridized carbons (Fsp3) is 0.842. The lowest BCUT2D eigenvalue weighted by atomic mass is 9.66. The molecule has 2 saturated heterocycles. The molecule has 0 aromatic rings. The van der Waals surface area contributed by atoms with Crippen molar-refractivity contribution in [3.63, 3.8) is 0 Å². The zero-order valence-electron chi connectivity index (χ0n) is 14.5. The van der Waals surface area contributed by atoms with Gasteiger partial charge in [-0.1, -0.05) is 6.08 Å². The molecule has 4 nitrogen and oxygen atoms in total. The number of rotatable bonds is 4. The first-order valence-corrected chi connectivity index (χ1v) is 9.39. The third kappa shape index (κ3) is 3.80. The van der Waals surface area contributed by atoms with Crippen molar-refractivity contribution in [1.29, 1.82) is 0 Å². The molecule has 1 amide bonds. The summed E-state index contributed by atoms with van der Waals surface area (Å²) in [5, 5.41) is 0. The van der Waals surface area contributed by atoms with Crippen molar-refractivity contribution in [2.24, 2.45) is 11.3 Å². The summed E-state index contributed by atoms with van der Waals surface area (Å²) in [6.45, 7) is 7.11. The van der Waals surface area contributed by atoms with Crippen molar-refractivity contribution < 1.29 is 14.3 Å². The van der Waals surface area contributed by atoms with E-state index in [0.29, 0.717) is 17.2 Å². The van der Waals surface area contributed by atoms with Crippen LogP contribution < -0.4 is 0 Å². The van der Waals surface area contributed by atoms with Crippen LogP contribution in [0.1, 0.15) is 51.9 Å². The Balaban J connectivity index is 1.59. The van der Waals surface area contributed by atoms with Gasteiger partial charge in [0, 0.05) is 37.8 Å². The Morgan fingerprint density at radius 3 is 2.87 bits per heavy atom. The Labute approximate surface area is 140 Å². The second kappa shape index (κ2) is 7.80. The van der Waals surface area contributed by atoms with Crippen LogP contribution in [0.4, 0.5) is 0 Å².